The van der Waals surface area contributed by atoms with Crippen LogP contribution in [-0.4, -0.2) is 19.5 Å². The number of aromatic nitrogens is 4. The summed E-state index contributed by atoms with van der Waals surface area (Å²) in [6.45, 7) is 0. The number of nitrogens with zero attached hydrogens (tertiary/aromatic N) is 4. The van der Waals surface area contributed by atoms with Crippen LogP contribution in [0.25, 0.3) is 127 Å². The van der Waals surface area contributed by atoms with Crippen molar-refractivity contribution < 1.29 is 8.83 Å². The maximum atomic E-state index is 6.88. The van der Waals surface area contributed by atoms with Gasteiger partial charge in [0.05, 0.1) is 16.6 Å². The van der Waals surface area contributed by atoms with Crippen LogP contribution in [0.5, 0.6) is 0 Å². The van der Waals surface area contributed by atoms with Crippen LogP contribution in [0, 0.1) is 0 Å². The van der Waals surface area contributed by atoms with Crippen LogP contribution in [0.1, 0.15) is 29.0 Å². The van der Waals surface area contributed by atoms with Crippen molar-refractivity contribution in [1.29, 1.82) is 0 Å². The molecule has 1 aliphatic carbocycles. The first-order valence-corrected chi connectivity index (χ1v) is 24.0. The molecule has 6 nitrogen and oxygen atoms in total. The number of furan rings is 2. The van der Waals surface area contributed by atoms with Crippen molar-refractivity contribution in [1.82, 2.24) is 19.5 Å². The van der Waals surface area contributed by atoms with Gasteiger partial charge in [-0.05, 0) is 130 Å². The van der Waals surface area contributed by atoms with Gasteiger partial charge in [-0.1, -0.05) is 133 Å². The maximum Gasteiger partial charge on any atom is 0.167 e. The van der Waals surface area contributed by atoms with Gasteiger partial charge in [0.25, 0.3) is 0 Å². The van der Waals surface area contributed by atoms with Gasteiger partial charge in [-0.15, -0.1) is 0 Å². The van der Waals surface area contributed by atoms with Crippen LogP contribution in [-0.2, 0) is 6.42 Å². The Labute approximate surface area is 401 Å². The lowest BCUT2D eigenvalue weighted by Crippen LogP contribution is -2.04. The number of hydrogen-bond acceptors (Lipinski definition) is 5. The van der Waals surface area contributed by atoms with E-state index in [4.69, 9.17) is 23.8 Å². The van der Waals surface area contributed by atoms with Gasteiger partial charge < -0.3 is 13.4 Å². The fourth-order valence-electron chi connectivity index (χ4n) is 11.4. The summed E-state index contributed by atoms with van der Waals surface area (Å²) in [7, 11) is 0. The van der Waals surface area contributed by atoms with Crippen molar-refractivity contribution in [2.45, 2.75) is 18.8 Å². The molecule has 328 valence electrons. The number of aryl methyl sites for hydroxylation is 1. The minimum Gasteiger partial charge on any atom is -0.456 e. The van der Waals surface area contributed by atoms with Gasteiger partial charge in [0.2, 0.25) is 0 Å². The Morgan fingerprint density at radius 2 is 1.03 bits per heavy atom. The molecule has 0 radical (unpaired) electrons. The highest BCUT2D eigenvalue weighted by atomic mass is 16.3. The highest BCUT2D eigenvalue weighted by molar-refractivity contribution is 6.12. The molecule has 4 heterocycles. The van der Waals surface area contributed by atoms with E-state index in [1.54, 1.807) is 0 Å². The molecule has 6 heteroatoms. The minimum absolute atomic E-state index is 0.0872. The summed E-state index contributed by atoms with van der Waals surface area (Å²) in [6.07, 6.45) is 1.87. The zero-order valence-electron chi connectivity index (χ0n) is 37.8. The van der Waals surface area contributed by atoms with Crippen molar-refractivity contribution in [3.63, 3.8) is 0 Å². The third-order valence-corrected chi connectivity index (χ3v) is 14.7. The van der Waals surface area contributed by atoms with Gasteiger partial charge in [-0.2, -0.15) is 0 Å². The van der Waals surface area contributed by atoms with E-state index in [-0.39, 0.29) is 5.92 Å². The highest BCUT2D eigenvalue weighted by Gasteiger charge is 2.28. The number of hydrogen-bond donors (Lipinski definition) is 0. The SMILES string of the molecule is c1ccc(-n2c3ccccc3c3cc(-c4nc(-c5ccc6c(c5)oc5ccccc56)nc(-c5cc(C6CCc7cc8ccccc8cc7-c7ccccc76)cc6c5oc5ccccc56)n4)ccc32)cc1. The second kappa shape index (κ2) is 15.2. The lowest BCUT2D eigenvalue weighted by Gasteiger charge is -2.20. The summed E-state index contributed by atoms with van der Waals surface area (Å²) in [5, 5.41) is 9.01. The zero-order chi connectivity index (χ0) is 45.9. The van der Waals surface area contributed by atoms with Gasteiger partial charge in [0, 0.05) is 55.0 Å². The van der Waals surface area contributed by atoms with Crippen molar-refractivity contribution in [2.24, 2.45) is 0 Å². The van der Waals surface area contributed by atoms with Crippen LogP contribution in [0.4, 0.5) is 0 Å². The van der Waals surface area contributed by atoms with Gasteiger partial charge in [0.15, 0.2) is 17.5 Å². The molecule has 0 amide bonds. The van der Waals surface area contributed by atoms with E-state index in [0.717, 1.165) is 101 Å². The molecule has 0 N–H and O–H groups in total. The number of fused-ring (bicyclic) bond motifs is 13. The topological polar surface area (TPSA) is 69.9 Å². The molecule has 70 heavy (non-hydrogen) atoms. The first-order chi connectivity index (χ1) is 34.7. The summed E-state index contributed by atoms with van der Waals surface area (Å²) < 4.78 is 15.7. The minimum atomic E-state index is 0.0872. The summed E-state index contributed by atoms with van der Waals surface area (Å²) in [5.41, 5.74) is 15.6. The molecule has 10 aromatic carbocycles. The van der Waals surface area contributed by atoms with Gasteiger partial charge >= 0.3 is 0 Å². The van der Waals surface area contributed by atoms with E-state index in [2.05, 4.69) is 193 Å². The van der Waals surface area contributed by atoms with Crippen LogP contribution < -0.4 is 0 Å². The maximum absolute atomic E-state index is 6.88. The van der Waals surface area contributed by atoms with Crippen molar-refractivity contribution in [2.75, 3.05) is 0 Å². The summed E-state index contributed by atoms with van der Waals surface area (Å²) in [4.78, 5) is 16.2. The highest BCUT2D eigenvalue weighted by Crippen LogP contribution is 2.46. The molecule has 1 atom stereocenters. The van der Waals surface area contributed by atoms with Gasteiger partial charge in [-0.25, -0.2) is 15.0 Å². The van der Waals surface area contributed by atoms with Crippen LogP contribution in [0.3, 0.4) is 0 Å². The number of rotatable bonds is 5. The lowest BCUT2D eigenvalue weighted by molar-refractivity contribution is 0.668. The quantitative estimate of drug-likeness (QED) is 0.172. The monoisotopic (exact) mass is 896 g/mol. The molecule has 15 rings (SSSR count). The molecule has 0 bridgehead atoms. The molecule has 0 spiro atoms. The Bertz CT molecular complexity index is 4450. The Kier molecular flexibility index (Phi) is 8.45. The Morgan fingerprint density at radius 1 is 0.400 bits per heavy atom. The molecule has 0 aliphatic heterocycles. The van der Waals surface area contributed by atoms with E-state index < -0.39 is 0 Å². The molecule has 14 aromatic rings. The molecular formula is C64H40N4O2. The molecule has 0 saturated carbocycles. The van der Waals surface area contributed by atoms with Crippen molar-refractivity contribution in [3.05, 3.63) is 229 Å². The van der Waals surface area contributed by atoms with Crippen LogP contribution in [0.15, 0.2) is 221 Å². The Hall–Kier alpha value is -9.13. The molecule has 0 fully saturated rings. The van der Waals surface area contributed by atoms with E-state index in [1.807, 2.05) is 24.3 Å². The fourth-order valence-corrected chi connectivity index (χ4v) is 11.4. The normalized spacial score (nSPS) is 13.7. The fraction of sp³-hybridized carbons (Fsp3) is 0.0469. The Balaban J connectivity index is 0.967. The summed E-state index contributed by atoms with van der Waals surface area (Å²) in [6, 6.07) is 75.6. The zero-order valence-corrected chi connectivity index (χ0v) is 37.8. The third kappa shape index (κ3) is 6.03. The molecule has 0 saturated heterocycles. The number of para-hydroxylation sites is 4. The first-order valence-electron chi connectivity index (χ1n) is 24.0. The number of benzene rings is 10. The summed E-state index contributed by atoms with van der Waals surface area (Å²) in [5.74, 6) is 1.74. The molecule has 1 unspecified atom stereocenters. The summed E-state index contributed by atoms with van der Waals surface area (Å²) >= 11 is 0. The van der Waals surface area contributed by atoms with Crippen molar-refractivity contribution >= 4 is 76.5 Å². The van der Waals surface area contributed by atoms with E-state index in [9.17, 15) is 0 Å². The Morgan fingerprint density at radius 3 is 1.87 bits per heavy atom. The predicted octanol–water partition coefficient (Wildman–Crippen LogP) is 16.7. The van der Waals surface area contributed by atoms with Gasteiger partial charge in [-0.3, -0.25) is 0 Å². The van der Waals surface area contributed by atoms with Crippen molar-refractivity contribution in [3.8, 4) is 51.0 Å². The van der Waals surface area contributed by atoms with E-state index in [0.29, 0.717) is 17.5 Å². The average Bonchev–Trinajstić information content (AvgIpc) is 4.06. The van der Waals surface area contributed by atoms with Crippen LogP contribution in [0.2, 0.25) is 0 Å². The van der Waals surface area contributed by atoms with Gasteiger partial charge in [0.1, 0.15) is 22.3 Å². The largest absolute Gasteiger partial charge is 0.456 e. The van der Waals surface area contributed by atoms with Crippen LogP contribution >= 0.6 is 0 Å². The first kappa shape index (κ1) is 38.9. The third-order valence-electron chi connectivity index (χ3n) is 14.7. The predicted molar refractivity (Wildman–Crippen MR) is 285 cm³/mol. The molecular weight excluding hydrogens is 857 g/mol. The second-order valence-corrected chi connectivity index (χ2v) is 18.6. The van der Waals surface area contributed by atoms with E-state index >= 15 is 0 Å². The second-order valence-electron chi connectivity index (χ2n) is 18.6. The smallest absolute Gasteiger partial charge is 0.167 e. The molecule has 4 aromatic heterocycles. The molecule has 1 aliphatic rings. The standard InChI is InChI=1S/C64H40N4O2/c1-2-16-44(17-3-1)68-56-23-11-8-20-48(56)53-34-41(28-31-57(53)68)62-65-63(42-27-30-51-49-21-9-12-24-58(49)69-60(51)37-42)67-64(66-62)55-36-43(35-54-50-22-10-13-25-59(50)70-61(54)55)45-29-26-40-32-38-14-4-5-15-39(38)33-52(40)47-19-7-6-18-46(45)47/h1-25,27-28,30-37,45H,26,29H2. The lowest BCUT2D eigenvalue weighted by atomic mass is 9.84. The van der Waals surface area contributed by atoms with E-state index in [1.165, 1.54) is 38.6 Å². The average molecular weight is 897 g/mol.